The van der Waals surface area contributed by atoms with Crippen molar-refractivity contribution in [3.05, 3.63) is 30.6 Å². The van der Waals surface area contributed by atoms with Crippen LogP contribution in [0.4, 0.5) is 9.59 Å². The van der Waals surface area contributed by atoms with Gasteiger partial charge in [-0.2, -0.15) is 0 Å². The minimum atomic E-state index is -0.574. The summed E-state index contributed by atoms with van der Waals surface area (Å²) in [5.41, 5.74) is 0. The molecule has 0 saturated heterocycles. The van der Waals surface area contributed by atoms with Crippen molar-refractivity contribution in [3.63, 3.8) is 0 Å². The standard InChI is InChI=1S/C31H55N3O5.ClH/c1-3-4-5-6-7-8-9-10-11-12-13-14-15-16-17-21-26-38-27-29(33-31(36)37-2)28-39-30(35)32-22-25-34-23-19-18-20-24-34;/h18-20,23-24,29H,3-17,21-22,25-28H2,1-2H3,(H-,32,33,35,36);1H. The van der Waals surface area contributed by atoms with Crippen LogP contribution in [0.25, 0.3) is 0 Å². The molecule has 2 amide bonds. The molecule has 232 valence electrons. The molecule has 0 aromatic carbocycles. The first-order valence-electron chi connectivity index (χ1n) is 15.4. The lowest BCUT2D eigenvalue weighted by molar-refractivity contribution is -0.694. The predicted molar refractivity (Wildman–Crippen MR) is 156 cm³/mol. The highest BCUT2D eigenvalue weighted by atomic mass is 35.5. The number of halogens is 1. The van der Waals surface area contributed by atoms with E-state index in [9.17, 15) is 9.59 Å². The fraction of sp³-hybridized carbons (Fsp3) is 0.774. The predicted octanol–water partition coefficient (Wildman–Crippen LogP) is 3.71. The Morgan fingerprint density at radius 3 is 1.77 bits per heavy atom. The number of nitrogens with zero attached hydrogens (tertiary/aromatic N) is 1. The molecule has 9 heteroatoms. The van der Waals surface area contributed by atoms with Crippen LogP contribution in [0, 0.1) is 0 Å². The molecule has 40 heavy (non-hydrogen) atoms. The molecule has 0 aliphatic rings. The molecular formula is C31H56ClN3O5. The van der Waals surface area contributed by atoms with E-state index in [-0.39, 0.29) is 25.6 Å². The van der Waals surface area contributed by atoms with Gasteiger partial charge in [-0.3, -0.25) is 0 Å². The van der Waals surface area contributed by atoms with Gasteiger partial charge in [-0.15, -0.1) is 0 Å². The van der Waals surface area contributed by atoms with Crippen molar-refractivity contribution in [3.8, 4) is 0 Å². The molecule has 0 spiro atoms. The van der Waals surface area contributed by atoms with E-state index < -0.39 is 18.2 Å². The third-order valence-corrected chi connectivity index (χ3v) is 6.80. The molecular weight excluding hydrogens is 530 g/mol. The van der Waals surface area contributed by atoms with E-state index in [1.165, 1.54) is 97.0 Å². The fourth-order valence-corrected chi connectivity index (χ4v) is 4.43. The summed E-state index contributed by atoms with van der Waals surface area (Å²) in [5, 5.41) is 5.38. The summed E-state index contributed by atoms with van der Waals surface area (Å²) in [7, 11) is 1.30. The number of carbonyl (C=O) groups excluding carboxylic acids is 2. The van der Waals surface area contributed by atoms with E-state index in [0.717, 1.165) is 12.8 Å². The smallest absolute Gasteiger partial charge is 0.407 e. The topological polar surface area (TPSA) is 89.8 Å². The summed E-state index contributed by atoms with van der Waals surface area (Å²) in [6, 6.07) is 5.34. The first-order valence-corrected chi connectivity index (χ1v) is 15.4. The summed E-state index contributed by atoms with van der Waals surface area (Å²) in [6.45, 7) is 4.26. The number of pyridine rings is 1. The lowest BCUT2D eigenvalue weighted by Gasteiger charge is -2.18. The van der Waals surface area contributed by atoms with Crippen LogP contribution in [-0.4, -0.2) is 51.7 Å². The van der Waals surface area contributed by atoms with Crippen molar-refractivity contribution in [1.29, 1.82) is 0 Å². The average Bonchev–Trinajstić information content (AvgIpc) is 2.95. The number of rotatable bonds is 25. The molecule has 8 nitrogen and oxygen atoms in total. The number of alkyl carbamates (subject to hydrolysis) is 2. The Kier molecular flexibility index (Phi) is 27.0. The second kappa shape index (κ2) is 28.5. The van der Waals surface area contributed by atoms with Crippen LogP contribution in [0.5, 0.6) is 0 Å². The number of carbonyl (C=O) groups is 2. The summed E-state index contributed by atoms with van der Waals surface area (Å²) >= 11 is 0. The zero-order chi connectivity index (χ0) is 28.2. The lowest BCUT2D eigenvalue weighted by Crippen LogP contribution is -3.00. The van der Waals surface area contributed by atoms with Crippen LogP contribution in [0.3, 0.4) is 0 Å². The Balaban J connectivity index is 0.0000152. The van der Waals surface area contributed by atoms with Crippen LogP contribution < -0.4 is 27.6 Å². The van der Waals surface area contributed by atoms with Gasteiger partial charge in [0, 0.05) is 18.7 Å². The Labute approximate surface area is 249 Å². The Hall–Kier alpha value is -2.06. The Morgan fingerprint density at radius 2 is 1.25 bits per heavy atom. The molecule has 0 radical (unpaired) electrons. The van der Waals surface area contributed by atoms with E-state index in [2.05, 4.69) is 22.3 Å². The zero-order valence-electron chi connectivity index (χ0n) is 25.2. The van der Waals surface area contributed by atoms with Gasteiger partial charge in [0.25, 0.3) is 0 Å². The molecule has 1 aromatic heterocycles. The molecule has 2 N–H and O–H groups in total. The number of ether oxygens (including phenoxy) is 3. The number of aromatic nitrogens is 1. The van der Waals surface area contributed by atoms with Gasteiger partial charge < -0.3 is 37.3 Å². The number of unbranched alkanes of at least 4 members (excludes halogenated alkanes) is 15. The van der Waals surface area contributed by atoms with Gasteiger partial charge in [0.15, 0.2) is 18.9 Å². The lowest BCUT2D eigenvalue weighted by atomic mass is 10.0. The summed E-state index contributed by atoms with van der Waals surface area (Å²) in [4.78, 5) is 23.6. The first kappa shape index (κ1) is 37.9. The molecule has 0 saturated carbocycles. The van der Waals surface area contributed by atoms with Crippen molar-refractivity contribution in [2.75, 3.05) is 33.5 Å². The van der Waals surface area contributed by atoms with E-state index in [0.29, 0.717) is 19.7 Å². The minimum Gasteiger partial charge on any atom is -1.00 e. The van der Waals surface area contributed by atoms with Crippen LogP contribution in [0.15, 0.2) is 30.6 Å². The van der Waals surface area contributed by atoms with Gasteiger partial charge >= 0.3 is 12.2 Å². The molecule has 1 heterocycles. The molecule has 0 aliphatic carbocycles. The van der Waals surface area contributed by atoms with Gasteiger partial charge in [-0.05, 0) is 6.42 Å². The minimum absolute atomic E-state index is 0. The zero-order valence-corrected chi connectivity index (χ0v) is 25.9. The quantitative estimate of drug-likeness (QED) is 0.135. The van der Waals surface area contributed by atoms with Gasteiger partial charge in [0.05, 0.1) is 26.3 Å². The maximum absolute atomic E-state index is 12.0. The first-order chi connectivity index (χ1) is 19.2. The van der Waals surface area contributed by atoms with E-state index in [1.54, 1.807) is 0 Å². The molecule has 1 unspecified atom stereocenters. The number of hydrogen-bond donors (Lipinski definition) is 2. The second-order valence-corrected chi connectivity index (χ2v) is 10.3. The van der Waals surface area contributed by atoms with Crippen molar-refractivity contribution in [1.82, 2.24) is 10.6 Å². The summed E-state index contributed by atoms with van der Waals surface area (Å²) < 4.78 is 17.7. The van der Waals surface area contributed by atoms with Gasteiger partial charge in [0.1, 0.15) is 6.61 Å². The van der Waals surface area contributed by atoms with Gasteiger partial charge in [-0.25, -0.2) is 14.2 Å². The van der Waals surface area contributed by atoms with Crippen molar-refractivity contribution in [2.24, 2.45) is 0 Å². The maximum atomic E-state index is 12.0. The number of hydrogen-bond acceptors (Lipinski definition) is 5. The number of nitrogens with one attached hydrogen (secondary N) is 2. The third-order valence-electron chi connectivity index (χ3n) is 6.80. The fourth-order valence-electron chi connectivity index (χ4n) is 4.43. The number of amides is 2. The highest BCUT2D eigenvalue weighted by molar-refractivity contribution is 5.68. The van der Waals surface area contributed by atoms with Gasteiger partial charge in [-0.1, -0.05) is 109 Å². The monoisotopic (exact) mass is 585 g/mol. The normalized spacial score (nSPS) is 11.3. The second-order valence-electron chi connectivity index (χ2n) is 10.3. The third kappa shape index (κ3) is 23.8. The van der Waals surface area contributed by atoms with Crippen LogP contribution in [0.1, 0.15) is 110 Å². The van der Waals surface area contributed by atoms with Gasteiger partial charge in [0.2, 0.25) is 0 Å². The molecule has 1 aromatic rings. The van der Waals surface area contributed by atoms with E-state index >= 15 is 0 Å². The average molecular weight is 586 g/mol. The molecule has 1 rings (SSSR count). The maximum Gasteiger partial charge on any atom is 0.407 e. The van der Waals surface area contributed by atoms with Crippen LogP contribution in [-0.2, 0) is 20.8 Å². The van der Waals surface area contributed by atoms with Crippen molar-refractivity contribution < 1.29 is 40.8 Å². The summed E-state index contributed by atoms with van der Waals surface area (Å²) in [6.07, 6.45) is 24.1. The SMILES string of the molecule is CCCCCCCCCCCCCCCCCCOCC(COC(=O)NCC[n+]1ccccc1)NC(=O)OC.[Cl-]. The number of methoxy groups -OCH3 is 1. The summed E-state index contributed by atoms with van der Waals surface area (Å²) in [5.74, 6) is 0. The highest BCUT2D eigenvalue weighted by Gasteiger charge is 2.16. The molecule has 1 atom stereocenters. The highest BCUT2D eigenvalue weighted by Crippen LogP contribution is 2.13. The molecule has 0 aliphatic heterocycles. The largest absolute Gasteiger partial charge is 1.00 e. The van der Waals surface area contributed by atoms with Crippen molar-refractivity contribution in [2.45, 2.75) is 122 Å². The molecule has 0 fully saturated rings. The Morgan fingerprint density at radius 1 is 0.725 bits per heavy atom. The van der Waals surface area contributed by atoms with Crippen LogP contribution in [0.2, 0.25) is 0 Å². The van der Waals surface area contributed by atoms with E-state index in [1.807, 2.05) is 35.2 Å². The molecule has 0 bridgehead atoms. The van der Waals surface area contributed by atoms with Crippen molar-refractivity contribution >= 4 is 12.2 Å². The Bertz CT molecular complexity index is 711. The van der Waals surface area contributed by atoms with E-state index in [4.69, 9.17) is 9.47 Å². The van der Waals surface area contributed by atoms with Crippen LogP contribution >= 0.6 is 0 Å².